The predicted molar refractivity (Wildman–Crippen MR) is 102 cm³/mol. The molecule has 3 N–H and O–H groups in total. The lowest BCUT2D eigenvalue weighted by Crippen LogP contribution is -2.54. The number of hydrogen-bond donors (Lipinski definition) is 3. The summed E-state index contributed by atoms with van der Waals surface area (Å²) in [7, 11) is 0. The van der Waals surface area contributed by atoms with Crippen LogP contribution in [0.25, 0.3) is 0 Å². The molecule has 0 unspecified atom stereocenters. The third kappa shape index (κ3) is 2.23. The number of rotatable bonds is 2. The van der Waals surface area contributed by atoms with Gasteiger partial charge in [0.2, 0.25) is 0 Å². The lowest BCUT2D eigenvalue weighted by atomic mass is 9.48. The SMILES string of the molecule is C[C@]12CC[C@H]3[C@@H](CC(=CO)C4=CC(=O)CC[C@@H]43)[C@@H]1[C@@H]1C[C@@H]1[C@@]2(O)/C=C\C(=O)O. The number of fused-ring (bicyclic) bond motifs is 7. The smallest absolute Gasteiger partial charge is 0.328 e. The maximum atomic E-state index is 12.0. The quantitative estimate of drug-likeness (QED) is 0.501. The number of ketones is 1. The minimum Gasteiger partial charge on any atom is -0.515 e. The van der Waals surface area contributed by atoms with Crippen LogP contribution in [0.3, 0.4) is 0 Å². The Bertz CT molecular complexity index is 838. The van der Waals surface area contributed by atoms with E-state index in [1.54, 1.807) is 12.2 Å². The van der Waals surface area contributed by atoms with Gasteiger partial charge < -0.3 is 15.3 Å². The normalized spacial score (nSPS) is 50.6. The van der Waals surface area contributed by atoms with Crippen molar-refractivity contribution in [3.8, 4) is 0 Å². The molecule has 0 bridgehead atoms. The number of carbonyl (C=O) groups excluding carboxylic acids is 1. The Morgan fingerprint density at radius 2 is 2.04 bits per heavy atom. The van der Waals surface area contributed by atoms with Crippen LogP contribution in [0.2, 0.25) is 0 Å². The van der Waals surface area contributed by atoms with Gasteiger partial charge in [-0.3, -0.25) is 4.79 Å². The molecule has 0 aromatic heterocycles. The van der Waals surface area contributed by atoms with Crippen LogP contribution in [-0.2, 0) is 9.59 Å². The molecule has 5 aliphatic carbocycles. The lowest BCUT2D eigenvalue weighted by Gasteiger charge is -2.57. The second-order valence-electron chi connectivity index (χ2n) is 9.88. The topological polar surface area (TPSA) is 94.8 Å². The Hall–Kier alpha value is -1.88. The Labute approximate surface area is 164 Å². The van der Waals surface area contributed by atoms with Crippen LogP contribution in [0, 0.1) is 40.9 Å². The van der Waals surface area contributed by atoms with Crippen molar-refractivity contribution in [2.45, 2.75) is 51.0 Å². The van der Waals surface area contributed by atoms with E-state index in [-0.39, 0.29) is 17.1 Å². The maximum Gasteiger partial charge on any atom is 0.328 e. The fourth-order valence-electron chi connectivity index (χ4n) is 7.76. The van der Waals surface area contributed by atoms with Crippen LogP contribution in [-0.4, -0.2) is 32.7 Å². The molecule has 5 aliphatic rings. The van der Waals surface area contributed by atoms with Gasteiger partial charge in [0.15, 0.2) is 5.78 Å². The van der Waals surface area contributed by atoms with E-state index in [2.05, 4.69) is 6.92 Å². The van der Waals surface area contributed by atoms with Crippen molar-refractivity contribution in [3.63, 3.8) is 0 Å². The zero-order valence-corrected chi connectivity index (χ0v) is 16.2. The van der Waals surface area contributed by atoms with E-state index in [4.69, 9.17) is 5.11 Å². The van der Waals surface area contributed by atoms with Gasteiger partial charge in [0.1, 0.15) is 0 Å². The highest BCUT2D eigenvalue weighted by Gasteiger charge is 2.75. The number of carboxylic acid groups (broad SMARTS) is 1. The van der Waals surface area contributed by atoms with Gasteiger partial charge in [-0.05, 0) is 90.9 Å². The van der Waals surface area contributed by atoms with E-state index >= 15 is 0 Å². The summed E-state index contributed by atoms with van der Waals surface area (Å²) in [6.45, 7) is 2.14. The van der Waals surface area contributed by atoms with Crippen LogP contribution in [0.15, 0.2) is 35.6 Å². The molecule has 0 amide bonds. The molecule has 0 aromatic rings. The number of aliphatic hydroxyl groups is 2. The average molecular weight is 384 g/mol. The lowest BCUT2D eigenvalue weighted by molar-refractivity contribution is -0.132. The monoisotopic (exact) mass is 384 g/mol. The number of allylic oxidation sites excluding steroid dienone is 2. The van der Waals surface area contributed by atoms with Gasteiger partial charge >= 0.3 is 5.97 Å². The zero-order valence-electron chi connectivity index (χ0n) is 16.2. The molecular formula is C23H28O5. The molecule has 0 aromatic carbocycles. The van der Waals surface area contributed by atoms with Crippen LogP contribution < -0.4 is 0 Å². The first-order chi connectivity index (χ1) is 13.3. The number of aliphatic hydroxyl groups excluding tert-OH is 1. The van der Waals surface area contributed by atoms with E-state index in [0.717, 1.165) is 49.3 Å². The van der Waals surface area contributed by atoms with E-state index in [0.29, 0.717) is 36.0 Å². The van der Waals surface area contributed by atoms with Gasteiger partial charge in [-0.1, -0.05) is 6.92 Å². The summed E-state index contributed by atoms with van der Waals surface area (Å²) in [6.07, 6.45) is 10.6. The van der Waals surface area contributed by atoms with Crippen molar-refractivity contribution in [3.05, 3.63) is 35.6 Å². The fourth-order valence-corrected chi connectivity index (χ4v) is 7.76. The second-order valence-corrected chi connectivity index (χ2v) is 9.88. The van der Waals surface area contributed by atoms with Crippen LogP contribution >= 0.6 is 0 Å². The highest BCUT2D eigenvalue weighted by molar-refractivity contribution is 5.92. The summed E-state index contributed by atoms with van der Waals surface area (Å²) in [5.41, 5.74) is 0.528. The summed E-state index contributed by atoms with van der Waals surface area (Å²) in [5, 5.41) is 30.6. The molecule has 5 heteroatoms. The number of carboxylic acids is 1. The van der Waals surface area contributed by atoms with Crippen molar-refractivity contribution >= 4 is 11.8 Å². The standard InChI is InChI=1S/C23H28O5/c1-22-6-4-15-14-3-2-13(25)9-16(14)12(11-24)8-17(15)21(22)18-10-19(18)23(22,28)7-5-20(26)27/h5,7,9,11,14-15,17-19,21,24,28H,2-4,6,8,10H2,1H3,(H,26,27)/b7-5-,12-11?/t14-,15-,17-,18-,19+,21-,22+,23+/m1/s1. The summed E-state index contributed by atoms with van der Waals surface area (Å²) in [4.78, 5) is 23.1. The first-order valence-electron chi connectivity index (χ1n) is 10.5. The molecule has 0 aliphatic heterocycles. The van der Waals surface area contributed by atoms with E-state index < -0.39 is 11.6 Å². The van der Waals surface area contributed by atoms with Crippen molar-refractivity contribution < 1.29 is 24.9 Å². The summed E-state index contributed by atoms with van der Waals surface area (Å²) in [6, 6.07) is 0. The third-order valence-corrected chi connectivity index (χ3v) is 8.92. The summed E-state index contributed by atoms with van der Waals surface area (Å²) in [5.74, 6) is 1.20. The molecule has 4 fully saturated rings. The highest BCUT2D eigenvalue weighted by atomic mass is 16.4. The van der Waals surface area contributed by atoms with E-state index in [9.17, 15) is 19.8 Å². The first-order valence-corrected chi connectivity index (χ1v) is 10.5. The zero-order chi connectivity index (χ0) is 19.8. The van der Waals surface area contributed by atoms with E-state index in [1.165, 1.54) is 6.26 Å². The van der Waals surface area contributed by atoms with Gasteiger partial charge in [-0.2, -0.15) is 0 Å². The van der Waals surface area contributed by atoms with Gasteiger partial charge in [-0.25, -0.2) is 4.79 Å². The van der Waals surface area contributed by atoms with Gasteiger partial charge in [0, 0.05) is 17.9 Å². The van der Waals surface area contributed by atoms with Crippen LogP contribution in [0.1, 0.15) is 45.4 Å². The second kappa shape index (κ2) is 5.82. The largest absolute Gasteiger partial charge is 0.515 e. The molecule has 5 nitrogen and oxygen atoms in total. The van der Waals surface area contributed by atoms with Gasteiger partial charge in [0.25, 0.3) is 0 Å². The van der Waals surface area contributed by atoms with Crippen molar-refractivity contribution in [2.75, 3.05) is 0 Å². The summed E-state index contributed by atoms with van der Waals surface area (Å²) >= 11 is 0. The Morgan fingerprint density at radius 1 is 1.25 bits per heavy atom. The molecule has 8 atom stereocenters. The molecule has 150 valence electrons. The minimum atomic E-state index is -1.06. The number of hydrogen-bond acceptors (Lipinski definition) is 4. The molecular weight excluding hydrogens is 356 g/mol. The van der Waals surface area contributed by atoms with Crippen molar-refractivity contribution in [1.29, 1.82) is 0 Å². The number of carbonyl (C=O) groups is 2. The van der Waals surface area contributed by atoms with Crippen LogP contribution in [0.5, 0.6) is 0 Å². The van der Waals surface area contributed by atoms with Crippen molar-refractivity contribution in [1.82, 2.24) is 0 Å². The molecule has 28 heavy (non-hydrogen) atoms. The Kier molecular flexibility index (Phi) is 3.77. The average Bonchev–Trinajstić information content (AvgIpc) is 3.42. The minimum absolute atomic E-state index is 0.142. The molecule has 0 spiro atoms. The molecule has 0 radical (unpaired) electrons. The molecule has 0 heterocycles. The Balaban J connectivity index is 1.53. The molecule has 4 saturated carbocycles. The van der Waals surface area contributed by atoms with Gasteiger partial charge in [0.05, 0.1) is 11.9 Å². The highest BCUT2D eigenvalue weighted by Crippen LogP contribution is 2.76. The molecule has 5 rings (SSSR count). The first kappa shape index (κ1) is 18.2. The van der Waals surface area contributed by atoms with E-state index in [1.807, 2.05) is 0 Å². The fraction of sp³-hybridized carbons (Fsp3) is 0.652. The Morgan fingerprint density at radius 3 is 2.75 bits per heavy atom. The van der Waals surface area contributed by atoms with Gasteiger partial charge in [-0.15, -0.1) is 0 Å². The maximum absolute atomic E-state index is 12.0. The third-order valence-electron chi connectivity index (χ3n) is 8.92. The molecule has 0 saturated heterocycles. The van der Waals surface area contributed by atoms with Crippen LogP contribution in [0.4, 0.5) is 0 Å². The number of aliphatic carboxylic acids is 1. The predicted octanol–water partition coefficient (Wildman–Crippen LogP) is 3.41. The summed E-state index contributed by atoms with van der Waals surface area (Å²) < 4.78 is 0. The van der Waals surface area contributed by atoms with Crippen molar-refractivity contribution in [2.24, 2.45) is 40.9 Å².